The highest BCUT2D eigenvalue weighted by Gasteiger charge is 2.30. The first-order valence-corrected chi connectivity index (χ1v) is 8.84. The molecule has 25 heavy (non-hydrogen) atoms. The molecule has 0 bridgehead atoms. The first kappa shape index (κ1) is 18.8. The Kier molecular flexibility index (Phi) is 6.40. The molecule has 1 aromatic rings. The predicted octanol–water partition coefficient (Wildman–Crippen LogP) is 1.48. The molecule has 0 saturated carbocycles. The Hall–Kier alpha value is -2.55. The second kappa shape index (κ2) is 8.52. The summed E-state index contributed by atoms with van der Waals surface area (Å²) in [7, 11) is 0. The molecule has 0 aliphatic carbocycles. The third-order valence-electron chi connectivity index (χ3n) is 3.40. The largest absolute Gasteiger partial charge is 0.463 e. The molecule has 0 radical (unpaired) electrons. The lowest BCUT2D eigenvalue weighted by Crippen LogP contribution is -2.50. The number of nitrogens with zero attached hydrogens (tertiary/aromatic N) is 1. The van der Waals surface area contributed by atoms with E-state index in [9.17, 15) is 14.4 Å². The number of urea groups is 1. The highest BCUT2D eigenvalue weighted by molar-refractivity contribution is 7.98. The average molecular weight is 365 g/mol. The van der Waals surface area contributed by atoms with Crippen molar-refractivity contribution in [2.45, 2.75) is 24.9 Å². The van der Waals surface area contributed by atoms with Crippen LogP contribution < -0.4 is 10.6 Å². The molecule has 0 spiro atoms. The monoisotopic (exact) mass is 365 g/mol. The number of nitrogens with one attached hydrogen (secondary N) is 2. The summed E-state index contributed by atoms with van der Waals surface area (Å²) in [5, 5.41) is 5.61. The lowest BCUT2D eigenvalue weighted by Gasteiger charge is -2.26. The van der Waals surface area contributed by atoms with Gasteiger partial charge in [0.2, 0.25) is 0 Å². The fourth-order valence-electron chi connectivity index (χ4n) is 2.32. The Balaban J connectivity index is 2.20. The minimum Gasteiger partial charge on any atom is -0.463 e. The molecule has 8 nitrogen and oxygen atoms in total. The molecule has 2 heterocycles. The molecule has 1 aliphatic rings. The van der Waals surface area contributed by atoms with E-state index in [0.717, 1.165) is 0 Å². The predicted molar refractivity (Wildman–Crippen MR) is 91.1 cm³/mol. The number of pyridine rings is 1. The normalized spacial score (nSPS) is 16.8. The van der Waals surface area contributed by atoms with Crippen LogP contribution in [0.25, 0.3) is 0 Å². The van der Waals surface area contributed by atoms with Crippen LogP contribution in [0.2, 0.25) is 0 Å². The van der Waals surface area contributed by atoms with Crippen molar-refractivity contribution in [3.63, 3.8) is 0 Å². The maximum atomic E-state index is 12.3. The highest BCUT2D eigenvalue weighted by Crippen LogP contribution is 2.19. The second-order valence-corrected chi connectivity index (χ2v) is 5.86. The molecular formula is C16H19N3O5S. The standard InChI is InChI=1S/C16H19N3O5S/c1-4-23-15(21)12-9(2)18-16(22)19-11(12)8-24-14(20)10-6-5-7-17-13(10)25-3/h5-7,9H,4,8H2,1-3H3,(H2,18,19,22)/t9-/m1/s1. The number of aromatic nitrogens is 1. The van der Waals surface area contributed by atoms with Crippen LogP contribution in [0.3, 0.4) is 0 Å². The van der Waals surface area contributed by atoms with E-state index in [1.165, 1.54) is 11.8 Å². The second-order valence-electron chi connectivity index (χ2n) is 5.07. The van der Waals surface area contributed by atoms with Gasteiger partial charge in [-0.05, 0) is 32.2 Å². The summed E-state index contributed by atoms with van der Waals surface area (Å²) in [5.41, 5.74) is 0.754. The molecule has 134 valence electrons. The summed E-state index contributed by atoms with van der Waals surface area (Å²) in [6.07, 6.45) is 3.38. The van der Waals surface area contributed by atoms with E-state index in [1.54, 1.807) is 38.4 Å². The highest BCUT2D eigenvalue weighted by atomic mass is 32.2. The lowest BCUT2D eigenvalue weighted by molar-refractivity contribution is -0.139. The summed E-state index contributed by atoms with van der Waals surface area (Å²) in [4.78, 5) is 40.2. The van der Waals surface area contributed by atoms with Gasteiger partial charge in [-0.25, -0.2) is 19.4 Å². The van der Waals surface area contributed by atoms with Gasteiger partial charge in [0, 0.05) is 6.20 Å². The van der Waals surface area contributed by atoms with E-state index >= 15 is 0 Å². The van der Waals surface area contributed by atoms with Gasteiger partial charge in [-0.3, -0.25) is 0 Å². The van der Waals surface area contributed by atoms with Crippen molar-refractivity contribution in [1.82, 2.24) is 15.6 Å². The summed E-state index contributed by atoms with van der Waals surface area (Å²) in [6, 6.07) is 2.21. The van der Waals surface area contributed by atoms with E-state index in [4.69, 9.17) is 9.47 Å². The van der Waals surface area contributed by atoms with Crippen molar-refractivity contribution in [3.05, 3.63) is 35.2 Å². The van der Waals surface area contributed by atoms with E-state index in [2.05, 4.69) is 15.6 Å². The number of hydrogen-bond donors (Lipinski definition) is 2. The summed E-state index contributed by atoms with van der Waals surface area (Å²) in [5.74, 6) is -1.16. The third-order valence-corrected chi connectivity index (χ3v) is 4.11. The van der Waals surface area contributed by atoms with Gasteiger partial charge in [0.15, 0.2) is 0 Å². The van der Waals surface area contributed by atoms with E-state index in [0.29, 0.717) is 10.6 Å². The first-order valence-electron chi connectivity index (χ1n) is 7.61. The average Bonchev–Trinajstić information content (AvgIpc) is 2.59. The maximum absolute atomic E-state index is 12.3. The van der Waals surface area contributed by atoms with Gasteiger partial charge in [-0.2, -0.15) is 0 Å². The van der Waals surface area contributed by atoms with Crippen molar-refractivity contribution >= 4 is 29.7 Å². The number of carbonyl (C=O) groups is 3. The molecule has 1 aromatic heterocycles. The van der Waals surface area contributed by atoms with Gasteiger partial charge in [-0.1, -0.05) is 0 Å². The third kappa shape index (κ3) is 4.50. The van der Waals surface area contributed by atoms with Gasteiger partial charge in [0.05, 0.1) is 29.5 Å². The van der Waals surface area contributed by atoms with Crippen molar-refractivity contribution in [1.29, 1.82) is 0 Å². The molecule has 1 aliphatic heterocycles. The number of amides is 2. The van der Waals surface area contributed by atoms with E-state index < -0.39 is 24.0 Å². The topological polar surface area (TPSA) is 107 Å². The Morgan fingerprint density at radius 2 is 2.08 bits per heavy atom. The Labute approximate surface area is 149 Å². The van der Waals surface area contributed by atoms with Crippen molar-refractivity contribution in [2.24, 2.45) is 0 Å². The lowest BCUT2D eigenvalue weighted by atomic mass is 10.0. The van der Waals surface area contributed by atoms with Crippen LogP contribution in [0.5, 0.6) is 0 Å². The van der Waals surface area contributed by atoms with Crippen LogP contribution >= 0.6 is 11.8 Å². The van der Waals surface area contributed by atoms with Crippen molar-refractivity contribution < 1.29 is 23.9 Å². The van der Waals surface area contributed by atoms with Crippen molar-refractivity contribution in [2.75, 3.05) is 19.5 Å². The van der Waals surface area contributed by atoms with Crippen LogP contribution in [0.1, 0.15) is 24.2 Å². The number of ether oxygens (including phenoxy) is 2. The van der Waals surface area contributed by atoms with Crippen LogP contribution in [0.15, 0.2) is 34.6 Å². The van der Waals surface area contributed by atoms with Crippen molar-refractivity contribution in [3.8, 4) is 0 Å². The zero-order valence-electron chi connectivity index (χ0n) is 14.1. The molecule has 1 atom stereocenters. The Morgan fingerprint density at radius 1 is 1.32 bits per heavy atom. The van der Waals surface area contributed by atoms with E-state index in [-0.39, 0.29) is 24.5 Å². The molecule has 9 heteroatoms. The maximum Gasteiger partial charge on any atom is 0.341 e. The molecule has 2 N–H and O–H groups in total. The molecular weight excluding hydrogens is 346 g/mol. The van der Waals surface area contributed by atoms with Crippen LogP contribution in [0.4, 0.5) is 4.79 Å². The molecule has 2 amide bonds. The zero-order chi connectivity index (χ0) is 18.4. The minimum atomic E-state index is -0.589. The van der Waals surface area contributed by atoms with Crippen LogP contribution in [0, 0.1) is 0 Å². The van der Waals surface area contributed by atoms with Crippen LogP contribution in [-0.4, -0.2) is 48.5 Å². The Morgan fingerprint density at radius 3 is 2.76 bits per heavy atom. The number of esters is 2. The van der Waals surface area contributed by atoms with Gasteiger partial charge in [0.25, 0.3) is 0 Å². The van der Waals surface area contributed by atoms with Gasteiger partial charge < -0.3 is 20.1 Å². The summed E-state index contributed by atoms with van der Waals surface area (Å²) in [6.45, 7) is 3.28. The Bertz CT molecular complexity index is 719. The van der Waals surface area contributed by atoms with E-state index in [1.807, 2.05) is 0 Å². The molecule has 2 rings (SSSR count). The number of carbonyl (C=O) groups excluding carboxylic acids is 3. The fourth-order valence-corrected chi connectivity index (χ4v) is 2.86. The number of thioether (sulfide) groups is 1. The SMILES string of the molecule is CCOC(=O)C1=C(COC(=O)c2cccnc2SC)NC(=O)N[C@@H]1C. The quantitative estimate of drug-likeness (QED) is 0.581. The number of hydrogen-bond acceptors (Lipinski definition) is 7. The summed E-state index contributed by atoms with van der Waals surface area (Å²) >= 11 is 1.32. The molecule has 0 saturated heterocycles. The fraction of sp³-hybridized carbons (Fsp3) is 0.375. The zero-order valence-corrected chi connectivity index (χ0v) is 14.9. The minimum absolute atomic E-state index is 0.197. The van der Waals surface area contributed by atoms with Gasteiger partial charge in [-0.15, -0.1) is 11.8 Å². The van der Waals surface area contributed by atoms with Gasteiger partial charge in [0.1, 0.15) is 11.6 Å². The summed E-state index contributed by atoms with van der Waals surface area (Å²) < 4.78 is 10.3. The van der Waals surface area contributed by atoms with Crippen LogP contribution in [-0.2, 0) is 14.3 Å². The molecule has 0 unspecified atom stereocenters. The number of rotatable bonds is 6. The molecule has 0 fully saturated rings. The smallest absolute Gasteiger partial charge is 0.341 e. The first-order chi connectivity index (χ1) is 12.0. The molecule has 0 aromatic carbocycles. The van der Waals surface area contributed by atoms with Gasteiger partial charge >= 0.3 is 18.0 Å².